The molecule has 5 heteroatoms. The second kappa shape index (κ2) is 8.05. The van der Waals surface area contributed by atoms with Crippen molar-refractivity contribution >= 4 is 11.6 Å². The molecule has 0 unspecified atom stereocenters. The van der Waals surface area contributed by atoms with Crippen molar-refractivity contribution in [2.24, 2.45) is 5.92 Å². The van der Waals surface area contributed by atoms with E-state index in [1.807, 2.05) is 42.5 Å². The van der Waals surface area contributed by atoms with E-state index in [4.69, 9.17) is 0 Å². The molecule has 1 fully saturated rings. The van der Waals surface area contributed by atoms with Crippen LogP contribution in [0.2, 0.25) is 0 Å². The van der Waals surface area contributed by atoms with Gasteiger partial charge >= 0.3 is 0 Å². The average Bonchev–Trinajstić information content (AvgIpc) is 2.74. The van der Waals surface area contributed by atoms with Crippen LogP contribution in [0.4, 0.5) is 10.1 Å². The van der Waals surface area contributed by atoms with E-state index in [9.17, 15) is 19.4 Å². The Balaban J connectivity index is 1.54. The highest BCUT2D eigenvalue weighted by Gasteiger charge is 2.48. The fourth-order valence-corrected chi connectivity index (χ4v) is 3.95. The van der Waals surface area contributed by atoms with Gasteiger partial charge in [0, 0.05) is 5.69 Å². The van der Waals surface area contributed by atoms with E-state index in [1.165, 1.54) is 12.1 Å². The van der Waals surface area contributed by atoms with Crippen LogP contribution in [0.25, 0.3) is 0 Å². The molecule has 1 aliphatic rings. The Hall–Kier alpha value is -3.18. The summed E-state index contributed by atoms with van der Waals surface area (Å²) in [5.41, 5.74) is 2.40. The van der Waals surface area contributed by atoms with Crippen LogP contribution in [0.1, 0.15) is 36.1 Å². The maximum absolute atomic E-state index is 13.1. The molecular weight excluding hydrogens is 369 g/mol. The standard InChI is InChI=1S/C24H22FNO3/c25-18-10-6-16(7-11-18)22(28)15-14-21-23(17-8-12-20(27)13-9-17)26(24(21)29)19-4-2-1-3-5-19/h1-13,21-23,27-28H,14-15H2/t21-,22+,23+/m1/s1. The van der Waals surface area contributed by atoms with Crippen LogP contribution in [-0.4, -0.2) is 16.1 Å². The van der Waals surface area contributed by atoms with Crippen molar-refractivity contribution in [1.82, 2.24) is 0 Å². The summed E-state index contributed by atoms with van der Waals surface area (Å²) in [4.78, 5) is 14.7. The molecule has 0 radical (unpaired) electrons. The van der Waals surface area contributed by atoms with E-state index in [0.717, 1.165) is 11.3 Å². The van der Waals surface area contributed by atoms with Gasteiger partial charge in [-0.1, -0.05) is 42.5 Å². The highest BCUT2D eigenvalue weighted by atomic mass is 19.1. The molecule has 3 aromatic rings. The first-order valence-electron chi connectivity index (χ1n) is 9.65. The zero-order chi connectivity index (χ0) is 20.4. The molecule has 1 aliphatic heterocycles. The highest BCUT2D eigenvalue weighted by Crippen LogP contribution is 2.46. The molecule has 1 heterocycles. The number of carbonyl (C=O) groups is 1. The van der Waals surface area contributed by atoms with Gasteiger partial charge < -0.3 is 15.1 Å². The molecule has 1 amide bonds. The minimum atomic E-state index is -0.755. The summed E-state index contributed by atoms with van der Waals surface area (Å²) < 4.78 is 13.1. The van der Waals surface area contributed by atoms with Gasteiger partial charge in [-0.3, -0.25) is 4.79 Å². The van der Waals surface area contributed by atoms with E-state index in [-0.39, 0.29) is 29.4 Å². The molecule has 2 N–H and O–H groups in total. The van der Waals surface area contributed by atoms with E-state index >= 15 is 0 Å². The lowest BCUT2D eigenvalue weighted by Crippen LogP contribution is -2.55. The third kappa shape index (κ3) is 3.87. The van der Waals surface area contributed by atoms with Gasteiger partial charge in [0.05, 0.1) is 18.1 Å². The average molecular weight is 391 g/mol. The summed E-state index contributed by atoms with van der Waals surface area (Å²) in [7, 11) is 0. The maximum Gasteiger partial charge on any atom is 0.233 e. The van der Waals surface area contributed by atoms with Crippen LogP contribution in [0, 0.1) is 11.7 Å². The quantitative estimate of drug-likeness (QED) is 0.596. The molecule has 29 heavy (non-hydrogen) atoms. The molecular formula is C24H22FNO3. The summed E-state index contributed by atoms with van der Waals surface area (Å²) in [6.07, 6.45) is 0.153. The number of phenols is 1. The number of carbonyl (C=O) groups excluding carboxylic acids is 1. The summed E-state index contributed by atoms with van der Waals surface area (Å²) in [6, 6.07) is 22.0. The lowest BCUT2D eigenvalue weighted by Gasteiger charge is -2.48. The lowest BCUT2D eigenvalue weighted by molar-refractivity contribution is -0.131. The summed E-state index contributed by atoms with van der Waals surface area (Å²) >= 11 is 0. The number of aromatic hydroxyl groups is 1. The van der Waals surface area contributed by atoms with Crippen molar-refractivity contribution in [3.05, 3.63) is 95.8 Å². The van der Waals surface area contributed by atoms with Crippen molar-refractivity contribution in [2.75, 3.05) is 4.90 Å². The van der Waals surface area contributed by atoms with Crippen molar-refractivity contribution < 1.29 is 19.4 Å². The molecule has 3 atom stereocenters. The Morgan fingerprint density at radius 3 is 2.24 bits per heavy atom. The first kappa shape index (κ1) is 19.2. The second-order valence-electron chi connectivity index (χ2n) is 7.33. The molecule has 3 aromatic carbocycles. The predicted molar refractivity (Wildman–Crippen MR) is 109 cm³/mol. The maximum atomic E-state index is 13.1. The Bertz CT molecular complexity index is 973. The van der Waals surface area contributed by atoms with E-state index < -0.39 is 6.10 Å². The second-order valence-corrected chi connectivity index (χ2v) is 7.33. The van der Waals surface area contributed by atoms with Crippen LogP contribution in [0.5, 0.6) is 5.75 Å². The lowest BCUT2D eigenvalue weighted by atomic mass is 9.78. The number of hydrogen-bond donors (Lipinski definition) is 2. The number of phenolic OH excluding ortho intramolecular Hbond substituents is 1. The smallest absolute Gasteiger partial charge is 0.233 e. The monoisotopic (exact) mass is 391 g/mol. The number of hydrogen-bond acceptors (Lipinski definition) is 3. The van der Waals surface area contributed by atoms with E-state index in [2.05, 4.69) is 0 Å². The number of aliphatic hydroxyl groups excluding tert-OH is 1. The predicted octanol–water partition coefficient (Wildman–Crippen LogP) is 4.75. The molecule has 148 valence electrons. The topological polar surface area (TPSA) is 60.8 Å². The summed E-state index contributed by atoms with van der Waals surface area (Å²) in [5, 5.41) is 20.1. The van der Waals surface area contributed by atoms with Gasteiger partial charge in [-0.25, -0.2) is 4.39 Å². The van der Waals surface area contributed by atoms with E-state index in [1.54, 1.807) is 29.2 Å². The Morgan fingerprint density at radius 1 is 0.931 bits per heavy atom. The van der Waals surface area contributed by atoms with Gasteiger partial charge in [-0.05, 0) is 60.4 Å². The Labute approximate surface area is 168 Å². The minimum absolute atomic E-state index is 0.0144. The van der Waals surface area contributed by atoms with Gasteiger partial charge in [0.25, 0.3) is 0 Å². The number of anilines is 1. The SMILES string of the molecule is O=C1[C@H](CC[C@H](O)c2ccc(F)cc2)[C@H](c2ccc(O)cc2)N1c1ccccc1. The fraction of sp³-hybridized carbons (Fsp3) is 0.208. The number of rotatable bonds is 6. The highest BCUT2D eigenvalue weighted by molar-refractivity contribution is 6.03. The van der Waals surface area contributed by atoms with Crippen LogP contribution in [0.3, 0.4) is 0 Å². The zero-order valence-corrected chi connectivity index (χ0v) is 15.8. The molecule has 1 saturated heterocycles. The van der Waals surface area contributed by atoms with Gasteiger partial charge in [-0.15, -0.1) is 0 Å². The van der Waals surface area contributed by atoms with Crippen molar-refractivity contribution in [2.45, 2.75) is 25.0 Å². The molecule has 0 aliphatic carbocycles. The van der Waals surface area contributed by atoms with Gasteiger partial charge in [0.15, 0.2) is 0 Å². The number of benzene rings is 3. The first-order valence-corrected chi connectivity index (χ1v) is 9.65. The summed E-state index contributed by atoms with van der Waals surface area (Å²) in [5.74, 6) is -0.426. The third-order valence-corrected chi connectivity index (χ3v) is 5.49. The number of halogens is 1. The Morgan fingerprint density at radius 2 is 1.59 bits per heavy atom. The number of amides is 1. The molecule has 0 spiro atoms. The largest absolute Gasteiger partial charge is 0.508 e. The molecule has 0 bridgehead atoms. The molecule has 4 rings (SSSR count). The van der Waals surface area contributed by atoms with Crippen molar-refractivity contribution in [3.8, 4) is 5.75 Å². The van der Waals surface area contributed by atoms with Crippen molar-refractivity contribution in [1.29, 1.82) is 0 Å². The van der Waals surface area contributed by atoms with Crippen molar-refractivity contribution in [3.63, 3.8) is 0 Å². The van der Waals surface area contributed by atoms with E-state index in [0.29, 0.717) is 18.4 Å². The number of β-lactam (4-membered cyclic amide) rings is 1. The molecule has 4 nitrogen and oxygen atoms in total. The third-order valence-electron chi connectivity index (χ3n) is 5.49. The number of nitrogens with zero attached hydrogens (tertiary/aromatic N) is 1. The van der Waals surface area contributed by atoms with Gasteiger partial charge in [0.2, 0.25) is 5.91 Å². The van der Waals surface area contributed by atoms with Crippen LogP contribution in [0.15, 0.2) is 78.9 Å². The first-order chi connectivity index (χ1) is 14.0. The van der Waals surface area contributed by atoms with Crippen LogP contribution >= 0.6 is 0 Å². The van der Waals surface area contributed by atoms with Gasteiger partial charge in [-0.2, -0.15) is 0 Å². The normalized spacial score (nSPS) is 19.7. The minimum Gasteiger partial charge on any atom is -0.508 e. The summed E-state index contributed by atoms with van der Waals surface area (Å²) in [6.45, 7) is 0. The Kier molecular flexibility index (Phi) is 5.32. The zero-order valence-electron chi connectivity index (χ0n) is 15.8. The van der Waals surface area contributed by atoms with Crippen LogP contribution in [-0.2, 0) is 4.79 Å². The molecule has 0 saturated carbocycles. The fourth-order valence-electron chi connectivity index (χ4n) is 3.95. The number of para-hydroxylation sites is 1. The van der Waals surface area contributed by atoms with Gasteiger partial charge in [0.1, 0.15) is 11.6 Å². The molecule has 0 aromatic heterocycles. The van der Waals surface area contributed by atoms with Crippen LogP contribution < -0.4 is 4.90 Å². The number of aliphatic hydroxyl groups is 1.